The maximum absolute atomic E-state index is 14.5. The Balaban J connectivity index is 1.41. The van der Waals surface area contributed by atoms with Gasteiger partial charge in [0.05, 0.1) is 18.0 Å². The van der Waals surface area contributed by atoms with Crippen LogP contribution >= 0.6 is 11.6 Å². The fourth-order valence-corrected chi connectivity index (χ4v) is 5.09. The summed E-state index contributed by atoms with van der Waals surface area (Å²) in [5.74, 6) is -3.51. The third-order valence-electron chi connectivity index (χ3n) is 6.27. The van der Waals surface area contributed by atoms with Gasteiger partial charge in [-0.3, -0.25) is 4.57 Å². The molecule has 0 spiro atoms. The van der Waals surface area contributed by atoms with Crippen molar-refractivity contribution in [2.45, 2.75) is 82.8 Å². The number of aromatic nitrogens is 3. The first-order valence-electron chi connectivity index (χ1n) is 12.0. The Bertz CT molecular complexity index is 1230. The number of carbonyl (C=O) groups is 1. The van der Waals surface area contributed by atoms with Crippen LogP contribution in [0.15, 0.2) is 30.5 Å². The van der Waals surface area contributed by atoms with Gasteiger partial charge in [0.2, 0.25) is 6.23 Å². The minimum Gasteiger partial charge on any atom is -0.467 e. The molecule has 13 heteroatoms. The molecular weight excluding hydrogens is 512 g/mol. The van der Waals surface area contributed by atoms with E-state index in [0.29, 0.717) is 21.9 Å². The lowest BCUT2D eigenvalue weighted by atomic mass is 10.2. The number of likely N-dealkylation sites (tertiary alicyclic amines) is 1. The molecule has 5 rings (SSSR count). The Morgan fingerprint density at radius 2 is 2.08 bits per heavy atom. The second-order valence-corrected chi connectivity index (χ2v) is 11.3. The number of fused-ring (bicyclic) bond motifs is 2. The summed E-state index contributed by atoms with van der Waals surface area (Å²) in [5.41, 5.74) is -0.150. The van der Waals surface area contributed by atoms with Gasteiger partial charge in [0.1, 0.15) is 28.5 Å². The highest BCUT2D eigenvalue weighted by atomic mass is 35.5. The number of ether oxygens (including phenoxy) is 4. The second-order valence-electron chi connectivity index (χ2n) is 11.0. The van der Waals surface area contributed by atoms with E-state index in [0.717, 1.165) is 0 Å². The highest BCUT2D eigenvalue weighted by Gasteiger charge is 2.55. The van der Waals surface area contributed by atoms with E-state index < -0.39 is 60.8 Å². The van der Waals surface area contributed by atoms with Crippen LogP contribution in [0.25, 0.3) is 11.0 Å². The first-order valence-corrected chi connectivity index (χ1v) is 12.4. The Labute approximate surface area is 217 Å². The molecule has 0 aromatic carbocycles. The molecular formula is C24H30ClF2N5O5. The van der Waals surface area contributed by atoms with Gasteiger partial charge in [0.15, 0.2) is 18.0 Å². The largest absolute Gasteiger partial charge is 0.467 e. The molecule has 3 aliphatic rings. The third-order valence-corrected chi connectivity index (χ3v) is 6.57. The average molecular weight is 542 g/mol. The van der Waals surface area contributed by atoms with Crippen LogP contribution in [0.4, 0.5) is 13.6 Å². The molecule has 37 heavy (non-hydrogen) atoms. The van der Waals surface area contributed by atoms with Crippen LogP contribution in [0.1, 0.15) is 47.3 Å². The molecule has 2 aromatic heterocycles. The van der Waals surface area contributed by atoms with Crippen LogP contribution < -0.4 is 5.32 Å². The molecule has 1 amide bonds. The van der Waals surface area contributed by atoms with Crippen molar-refractivity contribution in [1.82, 2.24) is 24.8 Å². The van der Waals surface area contributed by atoms with Crippen LogP contribution in [0.5, 0.6) is 0 Å². The zero-order valence-corrected chi connectivity index (χ0v) is 22.0. The van der Waals surface area contributed by atoms with E-state index in [2.05, 4.69) is 15.3 Å². The maximum atomic E-state index is 14.5. The Morgan fingerprint density at radius 1 is 1.32 bits per heavy atom. The zero-order valence-electron chi connectivity index (χ0n) is 21.2. The van der Waals surface area contributed by atoms with Gasteiger partial charge in [0.25, 0.3) is 5.92 Å². The maximum Gasteiger partial charge on any atom is 0.407 e. The molecule has 1 N–H and O–H groups in total. The molecule has 202 valence electrons. The third kappa shape index (κ3) is 5.32. The van der Waals surface area contributed by atoms with Gasteiger partial charge in [-0.1, -0.05) is 11.6 Å². The van der Waals surface area contributed by atoms with E-state index in [1.807, 2.05) is 0 Å². The number of nitrogens with zero attached hydrogens (tertiary/aromatic N) is 4. The fraction of sp³-hybridized carbons (Fsp3) is 0.625. The molecule has 4 atom stereocenters. The Morgan fingerprint density at radius 3 is 2.81 bits per heavy atom. The molecule has 0 radical (unpaired) electrons. The van der Waals surface area contributed by atoms with Crippen LogP contribution in [0.2, 0.25) is 5.15 Å². The molecule has 3 fully saturated rings. The molecule has 5 heterocycles. The van der Waals surface area contributed by atoms with Crippen molar-refractivity contribution in [3.05, 3.63) is 35.7 Å². The van der Waals surface area contributed by atoms with E-state index in [9.17, 15) is 13.6 Å². The number of rotatable bonds is 4. The lowest BCUT2D eigenvalue weighted by molar-refractivity contribution is -0.174. The molecule has 0 unspecified atom stereocenters. The first kappa shape index (κ1) is 25.9. The van der Waals surface area contributed by atoms with Gasteiger partial charge in [0, 0.05) is 25.4 Å². The van der Waals surface area contributed by atoms with E-state index in [-0.39, 0.29) is 6.54 Å². The number of nitrogens with one attached hydrogen (secondary N) is 1. The van der Waals surface area contributed by atoms with Crippen molar-refractivity contribution in [1.29, 1.82) is 0 Å². The van der Waals surface area contributed by atoms with Crippen LogP contribution in [-0.2, 0) is 18.9 Å². The number of hydrogen-bond donors (Lipinski definition) is 1. The van der Waals surface area contributed by atoms with Gasteiger partial charge in [-0.05, 0) is 40.7 Å². The average Bonchev–Trinajstić information content (AvgIpc) is 3.47. The fourth-order valence-electron chi connectivity index (χ4n) is 4.90. The standard InChI is InChI=1S/C24H30ClF2N5O5/c1-22(2,3)37-21(33)28-9-13-8-24(26,27)11-31(13)10-15-16-17(36-23(4,5)35-16)20(34-15)32-7-6-14-18(25)29-12-30-19(14)32/h6-7,10,12-13,16-17,20H,8-9,11H2,1-5H3,(H,28,33)/b15-10-/t13-,16-,17-,20-/m1/s1. The molecule has 0 bridgehead atoms. The molecule has 3 saturated heterocycles. The number of halogens is 3. The van der Waals surface area contributed by atoms with Crippen LogP contribution in [0.3, 0.4) is 0 Å². The van der Waals surface area contributed by atoms with Gasteiger partial charge in [-0.25, -0.2) is 23.5 Å². The molecule has 2 aromatic rings. The minimum atomic E-state index is -2.94. The monoisotopic (exact) mass is 541 g/mol. The van der Waals surface area contributed by atoms with Crippen LogP contribution in [0, 0.1) is 0 Å². The van der Waals surface area contributed by atoms with Crippen molar-refractivity contribution >= 4 is 28.7 Å². The summed E-state index contributed by atoms with van der Waals surface area (Å²) in [6.07, 6.45) is 1.69. The topological polar surface area (TPSA) is 100.0 Å². The summed E-state index contributed by atoms with van der Waals surface area (Å²) in [5, 5.41) is 3.55. The number of alkyl carbamates (subject to hydrolysis) is 1. The number of amides is 1. The summed E-state index contributed by atoms with van der Waals surface area (Å²) in [4.78, 5) is 21.9. The second kappa shape index (κ2) is 8.95. The van der Waals surface area contributed by atoms with Crippen molar-refractivity contribution in [3.63, 3.8) is 0 Å². The lowest BCUT2D eigenvalue weighted by Crippen LogP contribution is -2.40. The molecule has 3 aliphatic heterocycles. The molecule has 10 nitrogen and oxygen atoms in total. The zero-order chi connectivity index (χ0) is 26.8. The summed E-state index contributed by atoms with van der Waals surface area (Å²) in [6.45, 7) is 8.21. The smallest absolute Gasteiger partial charge is 0.407 e. The number of hydrogen-bond acceptors (Lipinski definition) is 8. The lowest BCUT2D eigenvalue weighted by Gasteiger charge is -2.26. The van der Waals surface area contributed by atoms with Gasteiger partial charge < -0.3 is 29.2 Å². The van der Waals surface area contributed by atoms with Gasteiger partial charge >= 0.3 is 6.09 Å². The van der Waals surface area contributed by atoms with E-state index in [1.165, 1.54) is 11.2 Å². The van der Waals surface area contributed by atoms with Crippen molar-refractivity contribution < 1.29 is 32.5 Å². The Kier molecular flexibility index (Phi) is 6.27. The van der Waals surface area contributed by atoms with Crippen LogP contribution in [-0.4, -0.2) is 74.2 Å². The van der Waals surface area contributed by atoms with E-state index in [1.54, 1.807) is 57.6 Å². The van der Waals surface area contributed by atoms with Gasteiger partial charge in [-0.2, -0.15) is 0 Å². The van der Waals surface area contributed by atoms with Gasteiger partial charge in [-0.15, -0.1) is 0 Å². The predicted molar refractivity (Wildman–Crippen MR) is 129 cm³/mol. The SMILES string of the molecule is CC(C)(C)OC(=O)NC[C@H]1CC(F)(F)CN1/C=C1\O[C@@H](n2ccc3c(Cl)ncnc32)[C@@H]2OC(C)(C)O[C@H]12. The summed E-state index contributed by atoms with van der Waals surface area (Å²) < 4.78 is 54.5. The van der Waals surface area contributed by atoms with E-state index >= 15 is 0 Å². The quantitative estimate of drug-likeness (QED) is 0.575. The van der Waals surface area contributed by atoms with Crippen molar-refractivity contribution in [2.24, 2.45) is 0 Å². The normalized spacial score (nSPS) is 29.5. The molecule has 0 aliphatic carbocycles. The number of alkyl halides is 2. The van der Waals surface area contributed by atoms with Crippen molar-refractivity contribution in [2.75, 3.05) is 13.1 Å². The predicted octanol–water partition coefficient (Wildman–Crippen LogP) is 4.21. The van der Waals surface area contributed by atoms with Crippen molar-refractivity contribution in [3.8, 4) is 0 Å². The summed E-state index contributed by atoms with van der Waals surface area (Å²) in [6, 6.07) is 1.10. The summed E-state index contributed by atoms with van der Waals surface area (Å²) in [7, 11) is 0. The Hall–Kier alpha value is -2.70. The molecule has 0 saturated carbocycles. The first-order chi connectivity index (χ1) is 17.2. The highest BCUT2D eigenvalue weighted by molar-refractivity contribution is 6.33. The minimum absolute atomic E-state index is 0.0215. The highest BCUT2D eigenvalue weighted by Crippen LogP contribution is 2.46. The number of carbonyl (C=O) groups excluding carboxylic acids is 1. The van der Waals surface area contributed by atoms with E-state index in [4.69, 9.17) is 30.5 Å². The summed E-state index contributed by atoms with van der Waals surface area (Å²) >= 11 is 6.22.